The molecule has 0 aliphatic heterocycles. The molecule has 0 spiro atoms. The van der Waals surface area contributed by atoms with Crippen LogP contribution in [0, 0.1) is 6.92 Å². The number of ether oxygens (including phenoxy) is 1. The first-order valence-corrected chi connectivity index (χ1v) is 7.16. The molecule has 0 aliphatic carbocycles. The van der Waals surface area contributed by atoms with Crippen LogP contribution in [0.3, 0.4) is 0 Å². The number of nitrogens with two attached hydrogens (primary N) is 1. The average molecular weight is 289 g/mol. The molecule has 6 heteroatoms. The topological polar surface area (TPSA) is 78.0 Å². The smallest absolute Gasteiger partial charge is 0.138 e. The van der Waals surface area contributed by atoms with Crippen molar-refractivity contribution in [2.24, 2.45) is 5.73 Å². The molecule has 0 fully saturated rings. The monoisotopic (exact) mass is 289 g/mol. The van der Waals surface area contributed by atoms with Crippen LogP contribution in [0.15, 0.2) is 30.7 Å². The zero-order chi connectivity index (χ0) is 15.1. The van der Waals surface area contributed by atoms with Gasteiger partial charge in [0.1, 0.15) is 11.6 Å². The van der Waals surface area contributed by atoms with Gasteiger partial charge in [-0.1, -0.05) is 0 Å². The molecule has 6 nitrogen and oxygen atoms in total. The third-order valence-electron chi connectivity index (χ3n) is 3.32. The molecular weight excluding hydrogens is 266 g/mol. The molecule has 114 valence electrons. The predicted octanol–water partition coefficient (Wildman–Crippen LogP) is 1.74. The summed E-state index contributed by atoms with van der Waals surface area (Å²) in [6.07, 6.45) is 7.46. The summed E-state index contributed by atoms with van der Waals surface area (Å²) in [5.74, 6) is 1.78. The van der Waals surface area contributed by atoms with Crippen molar-refractivity contribution in [2.45, 2.75) is 25.8 Å². The highest BCUT2D eigenvalue weighted by atomic mass is 16.5. The number of aryl methyl sites for hydroxylation is 1. The molecule has 0 bridgehead atoms. The van der Waals surface area contributed by atoms with Crippen LogP contribution in [-0.4, -0.2) is 40.8 Å². The van der Waals surface area contributed by atoms with Crippen molar-refractivity contribution >= 4 is 5.69 Å². The maximum atomic E-state index is 5.56. The highest BCUT2D eigenvalue weighted by Crippen LogP contribution is 2.13. The van der Waals surface area contributed by atoms with Crippen molar-refractivity contribution in [3.8, 4) is 5.82 Å². The van der Waals surface area contributed by atoms with E-state index in [1.807, 2.05) is 36.0 Å². The van der Waals surface area contributed by atoms with E-state index in [1.54, 1.807) is 13.3 Å². The summed E-state index contributed by atoms with van der Waals surface area (Å²) in [6, 6.07) is 4.25. The zero-order valence-electron chi connectivity index (χ0n) is 12.6. The van der Waals surface area contributed by atoms with Crippen LogP contribution in [0.25, 0.3) is 5.82 Å². The molecule has 0 saturated heterocycles. The Balaban J connectivity index is 2.02. The summed E-state index contributed by atoms with van der Waals surface area (Å²) < 4.78 is 7.18. The lowest BCUT2D eigenvalue weighted by atomic mass is 10.1. The van der Waals surface area contributed by atoms with Gasteiger partial charge in [0.05, 0.1) is 18.5 Å². The fourth-order valence-electron chi connectivity index (χ4n) is 2.23. The van der Waals surface area contributed by atoms with Gasteiger partial charge in [-0.3, -0.25) is 4.57 Å². The van der Waals surface area contributed by atoms with Crippen LogP contribution in [-0.2, 0) is 4.74 Å². The van der Waals surface area contributed by atoms with E-state index in [0.29, 0.717) is 13.2 Å². The van der Waals surface area contributed by atoms with E-state index >= 15 is 0 Å². The Morgan fingerprint density at radius 2 is 2.24 bits per heavy atom. The van der Waals surface area contributed by atoms with Crippen molar-refractivity contribution in [2.75, 3.05) is 25.6 Å². The number of hydrogen-bond donors (Lipinski definition) is 2. The number of nitrogens with zero attached hydrogens (tertiary/aromatic N) is 3. The molecule has 0 saturated carbocycles. The predicted molar refractivity (Wildman–Crippen MR) is 83.7 cm³/mol. The van der Waals surface area contributed by atoms with E-state index in [4.69, 9.17) is 10.5 Å². The molecule has 21 heavy (non-hydrogen) atoms. The van der Waals surface area contributed by atoms with Crippen LogP contribution in [0.1, 0.15) is 18.7 Å². The number of rotatable bonds is 8. The molecule has 3 N–H and O–H groups in total. The Bertz CT molecular complexity index is 537. The van der Waals surface area contributed by atoms with Gasteiger partial charge < -0.3 is 15.8 Å². The molecule has 1 atom stereocenters. The minimum atomic E-state index is 0.251. The van der Waals surface area contributed by atoms with E-state index in [0.717, 1.165) is 30.2 Å². The third-order valence-corrected chi connectivity index (χ3v) is 3.32. The quantitative estimate of drug-likeness (QED) is 0.774. The molecule has 2 aromatic rings. The van der Waals surface area contributed by atoms with Gasteiger partial charge in [0.25, 0.3) is 0 Å². The number of methoxy groups -OCH3 is 1. The van der Waals surface area contributed by atoms with Crippen LogP contribution < -0.4 is 11.1 Å². The average Bonchev–Trinajstić information content (AvgIpc) is 2.92. The molecule has 2 aromatic heterocycles. The number of pyridine rings is 1. The van der Waals surface area contributed by atoms with Gasteiger partial charge in [-0.25, -0.2) is 9.97 Å². The van der Waals surface area contributed by atoms with Gasteiger partial charge in [0.15, 0.2) is 0 Å². The number of aromatic nitrogens is 3. The molecule has 1 unspecified atom stereocenters. The van der Waals surface area contributed by atoms with E-state index in [1.165, 1.54) is 0 Å². The number of anilines is 1. The maximum absolute atomic E-state index is 5.56. The van der Waals surface area contributed by atoms with Crippen LogP contribution in [0.2, 0.25) is 0 Å². The lowest BCUT2D eigenvalue weighted by Crippen LogP contribution is -2.25. The fraction of sp³-hybridized carbons (Fsp3) is 0.467. The molecule has 0 radical (unpaired) electrons. The van der Waals surface area contributed by atoms with Gasteiger partial charge >= 0.3 is 0 Å². The van der Waals surface area contributed by atoms with Crippen molar-refractivity contribution in [3.05, 3.63) is 36.5 Å². The van der Waals surface area contributed by atoms with Gasteiger partial charge in [-0.05, 0) is 38.4 Å². The van der Waals surface area contributed by atoms with E-state index in [-0.39, 0.29) is 6.04 Å². The summed E-state index contributed by atoms with van der Waals surface area (Å²) >= 11 is 0. The molecular formula is C15H23N5O. The second-order valence-corrected chi connectivity index (χ2v) is 4.98. The Morgan fingerprint density at radius 1 is 1.38 bits per heavy atom. The molecule has 0 amide bonds. The SMILES string of the molecule is COCC(CCCN)Nc1ccc(-n2ccnc2C)nc1. The first-order valence-electron chi connectivity index (χ1n) is 7.16. The van der Waals surface area contributed by atoms with E-state index < -0.39 is 0 Å². The Labute approximate surface area is 125 Å². The van der Waals surface area contributed by atoms with Crippen molar-refractivity contribution in [3.63, 3.8) is 0 Å². The standard InChI is InChI=1S/C15H23N5O/c1-12-17-8-9-20(12)15-6-5-13(10-18-15)19-14(11-21-2)4-3-7-16/h5-6,8-10,14,19H,3-4,7,11,16H2,1-2H3. The summed E-state index contributed by atoms with van der Waals surface area (Å²) in [5.41, 5.74) is 6.55. The van der Waals surface area contributed by atoms with Crippen molar-refractivity contribution < 1.29 is 4.74 Å². The Hall–Kier alpha value is -1.92. The van der Waals surface area contributed by atoms with Gasteiger partial charge in [-0.15, -0.1) is 0 Å². The van der Waals surface area contributed by atoms with E-state index in [2.05, 4.69) is 15.3 Å². The van der Waals surface area contributed by atoms with Crippen molar-refractivity contribution in [1.29, 1.82) is 0 Å². The second-order valence-electron chi connectivity index (χ2n) is 4.98. The minimum absolute atomic E-state index is 0.251. The minimum Gasteiger partial charge on any atom is -0.383 e. The Kier molecular flexibility index (Phi) is 5.71. The number of nitrogens with one attached hydrogen (secondary N) is 1. The Morgan fingerprint density at radius 3 is 2.81 bits per heavy atom. The summed E-state index contributed by atoms with van der Waals surface area (Å²) in [4.78, 5) is 8.67. The van der Waals surface area contributed by atoms with Gasteiger partial charge in [0, 0.05) is 25.5 Å². The highest BCUT2D eigenvalue weighted by Gasteiger charge is 2.08. The summed E-state index contributed by atoms with van der Waals surface area (Å²) in [6.45, 7) is 3.30. The highest BCUT2D eigenvalue weighted by molar-refractivity contribution is 5.44. The molecule has 2 heterocycles. The van der Waals surface area contributed by atoms with E-state index in [9.17, 15) is 0 Å². The first-order chi connectivity index (χ1) is 10.2. The first kappa shape index (κ1) is 15.5. The van der Waals surface area contributed by atoms with Crippen molar-refractivity contribution in [1.82, 2.24) is 14.5 Å². The molecule has 0 aliphatic rings. The van der Waals surface area contributed by atoms with Crippen LogP contribution in [0.4, 0.5) is 5.69 Å². The summed E-state index contributed by atoms with van der Waals surface area (Å²) in [7, 11) is 1.71. The second kappa shape index (κ2) is 7.75. The van der Waals surface area contributed by atoms with Gasteiger partial charge in [0.2, 0.25) is 0 Å². The lowest BCUT2D eigenvalue weighted by Gasteiger charge is -2.18. The lowest BCUT2D eigenvalue weighted by molar-refractivity contribution is 0.182. The van der Waals surface area contributed by atoms with Crippen LogP contribution >= 0.6 is 0 Å². The zero-order valence-corrected chi connectivity index (χ0v) is 12.6. The molecule has 2 rings (SSSR count). The normalized spacial score (nSPS) is 12.3. The number of hydrogen-bond acceptors (Lipinski definition) is 5. The largest absolute Gasteiger partial charge is 0.383 e. The maximum Gasteiger partial charge on any atom is 0.138 e. The number of imidazole rings is 1. The van der Waals surface area contributed by atoms with Crippen LogP contribution in [0.5, 0.6) is 0 Å². The fourth-order valence-corrected chi connectivity index (χ4v) is 2.23. The third kappa shape index (κ3) is 4.27. The van der Waals surface area contributed by atoms with Gasteiger partial charge in [-0.2, -0.15) is 0 Å². The molecule has 0 aromatic carbocycles. The summed E-state index contributed by atoms with van der Waals surface area (Å²) in [5, 5.41) is 3.43.